The van der Waals surface area contributed by atoms with Crippen LogP contribution in [-0.2, 0) is 18.2 Å². The second-order valence-corrected chi connectivity index (χ2v) is 5.36. The molecule has 0 atom stereocenters. The molecule has 3 rings (SSSR count). The third-order valence-electron chi connectivity index (χ3n) is 3.93. The minimum atomic E-state index is -0.323. The number of aryl methyl sites for hydroxylation is 1. The number of methoxy groups -OCH3 is 1. The average molecular weight is 294 g/mol. The number of nitrogens with zero attached hydrogens (tertiary/aromatic N) is 1. The van der Waals surface area contributed by atoms with E-state index in [0.29, 0.717) is 5.56 Å². The molecular weight excluding hydrogens is 276 g/mol. The van der Waals surface area contributed by atoms with Crippen LogP contribution in [0.4, 0.5) is 5.69 Å². The van der Waals surface area contributed by atoms with Crippen molar-refractivity contribution in [3.63, 3.8) is 0 Å². The molecule has 0 amide bonds. The van der Waals surface area contributed by atoms with Gasteiger partial charge in [-0.1, -0.05) is 18.2 Å². The highest BCUT2D eigenvalue weighted by atomic mass is 16.5. The molecule has 0 spiro atoms. The maximum atomic E-state index is 11.7. The lowest BCUT2D eigenvalue weighted by Gasteiger charge is -2.05. The lowest BCUT2D eigenvalue weighted by Crippen LogP contribution is -2.01. The Labute approximate surface area is 129 Å². The van der Waals surface area contributed by atoms with Crippen LogP contribution in [0, 0.1) is 0 Å². The second kappa shape index (κ2) is 5.56. The fourth-order valence-electron chi connectivity index (χ4n) is 2.76. The van der Waals surface area contributed by atoms with E-state index in [1.54, 1.807) is 6.07 Å². The number of rotatable bonds is 3. The van der Waals surface area contributed by atoms with Crippen molar-refractivity contribution in [2.45, 2.75) is 6.42 Å². The van der Waals surface area contributed by atoms with Gasteiger partial charge in [0.2, 0.25) is 0 Å². The molecule has 2 aromatic carbocycles. The van der Waals surface area contributed by atoms with Gasteiger partial charge in [-0.15, -0.1) is 0 Å². The van der Waals surface area contributed by atoms with Crippen molar-refractivity contribution >= 4 is 22.6 Å². The van der Waals surface area contributed by atoms with Gasteiger partial charge in [0.1, 0.15) is 0 Å². The van der Waals surface area contributed by atoms with E-state index in [4.69, 9.17) is 10.5 Å². The summed E-state index contributed by atoms with van der Waals surface area (Å²) in [5.74, 6) is -0.323. The van der Waals surface area contributed by atoms with Gasteiger partial charge in [0.15, 0.2) is 0 Å². The van der Waals surface area contributed by atoms with Crippen molar-refractivity contribution in [2.75, 3.05) is 12.8 Å². The molecule has 0 bridgehead atoms. The smallest absolute Gasteiger partial charge is 0.337 e. The topological polar surface area (TPSA) is 57.2 Å². The first-order valence-corrected chi connectivity index (χ1v) is 7.10. The fourth-order valence-corrected chi connectivity index (χ4v) is 2.76. The molecule has 1 heterocycles. The van der Waals surface area contributed by atoms with Crippen LogP contribution in [0.15, 0.2) is 48.7 Å². The minimum Gasteiger partial charge on any atom is -0.465 e. The van der Waals surface area contributed by atoms with Gasteiger partial charge in [-0.25, -0.2) is 4.79 Å². The number of carbonyl (C=O) groups is 1. The zero-order valence-corrected chi connectivity index (χ0v) is 12.7. The first-order valence-electron chi connectivity index (χ1n) is 7.10. The zero-order chi connectivity index (χ0) is 15.7. The van der Waals surface area contributed by atoms with Gasteiger partial charge in [0.25, 0.3) is 0 Å². The van der Waals surface area contributed by atoms with Crippen LogP contribution >= 0.6 is 0 Å². The predicted octanol–water partition coefficient (Wildman–Crippen LogP) is 3.14. The summed E-state index contributed by atoms with van der Waals surface area (Å²) in [7, 11) is 3.39. The number of fused-ring (bicyclic) bond motifs is 1. The summed E-state index contributed by atoms with van der Waals surface area (Å²) in [6, 6.07) is 13.5. The van der Waals surface area contributed by atoms with Crippen LogP contribution in [0.3, 0.4) is 0 Å². The molecule has 112 valence electrons. The number of anilines is 1. The van der Waals surface area contributed by atoms with Crippen LogP contribution in [0.25, 0.3) is 10.9 Å². The van der Waals surface area contributed by atoms with Crippen molar-refractivity contribution in [3.8, 4) is 0 Å². The highest BCUT2D eigenvalue weighted by Crippen LogP contribution is 2.26. The van der Waals surface area contributed by atoms with E-state index in [0.717, 1.165) is 34.1 Å². The Morgan fingerprint density at radius 3 is 2.68 bits per heavy atom. The fraction of sp³-hybridized carbons (Fsp3) is 0.167. The molecule has 22 heavy (non-hydrogen) atoms. The van der Waals surface area contributed by atoms with Crippen molar-refractivity contribution in [2.24, 2.45) is 7.05 Å². The first kappa shape index (κ1) is 14.2. The third kappa shape index (κ3) is 2.44. The Bertz CT molecular complexity index is 849. The summed E-state index contributed by atoms with van der Waals surface area (Å²) >= 11 is 0. The van der Waals surface area contributed by atoms with Gasteiger partial charge >= 0.3 is 5.97 Å². The standard InChI is InChI=1S/C18H18N2O2/c1-20-11-14(9-12-5-3-4-6-16(12)19)15-10-13(18(21)22-2)7-8-17(15)20/h3-8,10-11H,9,19H2,1-2H3. The Hall–Kier alpha value is -2.75. The molecule has 0 aliphatic rings. The number of aromatic nitrogens is 1. The quantitative estimate of drug-likeness (QED) is 0.596. The van der Waals surface area contributed by atoms with E-state index < -0.39 is 0 Å². The lowest BCUT2D eigenvalue weighted by molar-refractivity contribution is 0.0601. The molecule has 0 saturated carbocycles. The minimum absolute atomic E-state index is 0.323. The number of hydrogen-bond donors (Lipinski definition) is 1. The molecule has 4 heteroatoms. The molecule has 2 N–H and O–H groups in total. The Balaban J connectivity index is 2.09. The van der Waals surface area contributed by atoms with Gasteiger partial charge in [0.05, 0.1) is 12.7 Å². The van der Waals surface area contributed by atoms with Gasteiger partial charge in [-0.2, -0.15) is 0 Å². The van der Waals surface area contributed by atoms with Crippen molar-refractivity contribution in [3.05, 3.63) is 65.4 Å². The van der Waals surface area contributed by atoms with Crippen LogP contribution < -0.4 is 5.73 Å². The number of esters is 1. The molecule has 1 aromatic heterocycles. The maximum Gasteiger partial charge on any atom is 0.337 e. The Morgan fingerprint density at radius 2 is 1.95 bits per heavy atom. The van der Waals surface area contributed by atoms with E-state index in [2.05, 4.69) is 10.8 Å². The normalized spacial score (nSPS) is 10.8. The monoisotopic (exact) mass is 294 g/mol. The predicted molar refractivity (Wildman–Crippen MR) is 87.9 cm³/mol. The molecule has 0 radical (unpaired) electrons. The van der Waals surface area contributed by atoms with Crippen molar-refractivity contribution in [1.82, 2.24) is 4.57 Å². The Kier molecular flexibility index (Phi) is 3.59. The van der Waals surface area contributed by atoms with Crippen LogP contribution in [0.1, 0.15) is 21.5 Å². The van der Waals surface area contributed by atoms with Gasteiger partial charge < -0.3 is 15.0 Å². The molecule has 0 unspecified atom stereocenters. The summed E-state index contributed by atoms with van der Waals surface area (Å²) < 4.78 is 6.86. The summed E-state index contributed by atoms with van der Waals surface area (Å²) in [6.45, 7) is 0. The molecule has 0 aliphatic heterocycles. The largest absolute Gasteiger partial charge is 0.465 e. The number of carbonyl (C=O) groups excluding carboxylic acids is 1. The number of nitrogens with two attached hydrogens (primary N) is 1. The van der Waals surface area contributed by atoms with Gasteiger partial charge in [-0.3, -0.25) is 0 Å². The van der Waals surface area contributed by atoms with Crippen LogP contribution in [-0.4, -0.2) is 17.6 Å². The van der Waals surface area contributed by atoms with E-state index in [1.165, 1.54) is 7.11 Å². The number of para-hydroxylation sites is 1. The second-order valence-electron chi connectivity index (χ2n) is 5.36. The molecule has 4 nitrogen and oxygen atoms in total. The van der Waals surface area contributed by atoms with Crippen molar-refractivity contribution < 1.29 is 9.53 Å². The maximum absolute atomic E-state index is 11.7. The summed E-state index contributed by atoms with van der Waals surface area (Å²) in [4.78, 5) is 11.7. The number of benzene rings is 2. The van der Waals surface area contributed by atoms with E-state index >= 15 is 0 Å². The average Bonchev–Trinajstić information content (AvgIpc) is 2.84. The third-order valence-corrected chi connectivity index (χ3v) is 3.93. The molecule has 0 fully saturated rings. The van der Waals surface area contributed by atoms with E-state index in [9.17, 15) is 4.79 Å². The highest BCUT2D eigenvalue weighted by Gasteiger charge is 2.12. The Morgan fingerprint density at radius 1 is 1.18 bits per heavy atom. The number of ether oxygens (including phenoxy) is 1. The zero-order valence-electron chi connectivity index (χ0n) is 12.7. The van der Waals surface area contributed by atoms with E-state index in [1.807, 2.05) is 43.4 Å². The molecule has 0 saturated heterocycles. The first-order chi connectivity index (χ1) is 10.6. The highest BCUT2D eigenvalue weighted by molar-refractivity contribution is 5.96. The summed E-state index contributed by atoms with van der Waals surface area (Å²) in [6.07, 6.45) is 2.81. The number of hydrogen-bond acceptors (Lipinski definition) is 3. The summed E-state index contributed by atoms with van der Waals surface area (Å²) in [5.41, 5.74) is 10.7. The SMILES string of the molecule is COC(=O)c1ccc2c(c1)c(Cc1ccccc1N)cn2C. The summed E-state index contributed by atoms with van der Waals surface area (Å²) in [5, 5.41) is 1.05. The lowest BCUT2D eigenvalue weighted by atomic mass is 10.0. The van der Waals surface area contributed by atoms with Gasteiger partial charge in [0, 0.05) is 36.3 Å². The number of nitrogen functional groups attached to an aromatic ring is 1. The molecule has 0 aliphatic carbocycles. The molecular formula is C18H18N2O2. The van der Waals surface area contributed by atoms with Crippen molar-refractivity contribution in [1.29, 1.82) is 0 Å². The van der Waals surface area contributed by atoms with Crippen LogP contribution in [0.5, 0.6) is 0 Å². The van der Waals surface area contributed by atoms with Crippen LogP contribution in [0.2, 0.25) is 0 Å². The molecule has 3 aromatic rings. The van der Waals surface area contributed by atoms with E-state index in [-0.39, 0.29) is 5.97 Å². The van der Waals surface area contributed by atoms with Gasteiger partial charge in [-0.05, 0) is 35.4 Å².